The molecule has 0 unspecified atom stereocenters. The topological polar surface area (TPSA) is 15.3 Å². The molecule has 0 aliphatic heterocycles. The third kappa shape index (κ3) is 3.20. The second-order valence-corrected chi connectivity index (χ2v) is 5.79. The van der Waals surface area contributed by atoms with Crippen molar-refractivity contribution in [3.8, 4) is 11.1 Å². The molecule has 2 nitrogen and oxygen atoms in total. The molecule has 0 aromatic heterocycles. The molecule has 104 valence electrons. The summed E-state index contributed by atoms with van der Waals surface area (Å²) in [5.74, 6) is 0. The summed E-state index contributed by atoms with van der Waals surface area (Å²) in [5, 5.41) is 3.55. The monoisotopic (exact) mass is 266 g/mol. The quantitative estimate of drug-likeness (QED) is 0.888. The normalized spacial score (nSPS) is 14.3. The number of benzene rings is 2. The van der Waals surface area contributed by atoms with Gasteiger partial charge in [-0.3, -0.25) is 0 Å². The Morgan fingerprint density at radius 2 is 1.45 bits per heavy atom. The van der Waals surface area contributed by atoms with Crippen LogP contribution in [0.4, 0.5) is 5.69 Å². The first kappa shape index (κ1) is 13.2. The molecule has 0 amide bonds. The number of hydrogen-bond acceptors (Lipinski definition) is 2. The molecule has 0 bridgehead atoms. The first-order valence-electron chi connectivity index (χ1n) is 7.32. The van der Waals surface area contributed by atoms with Gasteiger partial charge in [0.2, 0.25) is 0 Å². The number of hydrogen-bond donors (Lipinski definition) is 1. The van der Waals surface area contributed by atoms with Crippen molar-refractivity contribution in [2.45, 2.75) is 25.4 Å². The van der Waals surface area contributed by atoms with Crippen LogP contribution in [0.3, 0.4) is 0 Å². The molecule has 20 heavy (non-hydrogen) atoms. The van der Waals surface area contributed by atoms with E-state index in [0.29, 0.717) is 0 Å². The fraction of sp³-hybridized carbons (Fsp3) is 0.333. The second kappa shape index (κ2) is 5.68. The SMILES string of the molecule is CN(C)c1ccc(-c2ccc(CNC3CC3)cc2)cc1. The van der Waals surface area contributed by atoms with E-state index < -0.39 is 0 Å². The molecule has 1 fully saturated rings. The maximum atomic E-state index is 3.55. The Hall–Kier alpha value is -1.80. The molecular weight excluding hydrogens is 244 g/mol. The lowest BCUT2D eigenvalue weighted by Crippen LogP contribution is -2.14. The van der Waals surface area contributed by atoms with Gasteiger partial charge in [0.25, 0.3) is 0 Å². The molecule has 0 heterocycles. The van der Waals surface area contributed by atoms with Crippen LogP contribution in [0.25, 0.3) is 11.1 Å². The van der Waals surface area contributed by atoms with Crippen LogP contribution in [-0.4, -0.2) is 20.1 Å². The van der Waals surface area contributed by atoms with Crippen molar-refractivity contribution < 1.29 is 0 Å². The van der Waals surface area contributed by atoms with Crippen LogP contribution in [0, 0.1) is 0 Å². The maximum absolute atomic E-state index is 3.55. The smallest absolute Gasteiger partial charge is 0.0361 e. The summed E-state index contributed by atoms with van der Waals surface area (Å²) in [5.41, 5.74) is 5.16. The van der Waals surface area contributed by atoms with E-state index in [4.69, 9.17) is 0 Å². The summed E-state index contributed by atoms with van der Waals surface area (Å²) in [7, 11) is 4.13. The molecule has 2 aromatic carbocycles. The summed E-state index contributed by atoms with van der Waals surface area (Å²) in [4.78, 5) is 2.12. The van der Waals surface area contributed by atoms with Gasteiger partial charge in [-0.05, 0) is 41.7 Å². The van der Waals surface area contributed by atoms with Gasteiger partial charge < -0.3 is 10.2 Å². The first-order chi connectivity index (χ1) is 9.72. The molecular formula is C18H22N2. The van der Waals surface area contributed by atoms with Crippen LogP contribution < -0.4 is 10.2 Å². The minimum absolute atomic E-state index is 0.772. The van der Waals surface area contributed by atoms with Crippen molar-refractivity contribution in [2.24, 2.45) is 0 Å². The molecule has 0 radical (unpaired) electrons. The summed E-state index contributed by atoms with van der Waals surface area (Å²) >= 11 is 0. The maximum Gasteiger partial charge on any atom is 0.0361 e. The highest BCUT2D eigenvalue weighted by Gasteiger charge is 2.19. The van der Waals surface area contributed by atoms with Gasteiger partial charge in [-0.1, -0.05) is 36.4 Å². The Labute approximate surface area is 121 Å². The van der Waals surface area contributed by atoms with Crippen molar-refractivity contribution in [1.82, 2.24) is 5.32 Å². The van der Waals surface area contributed by atoms with Crippen molar-refractivity contribution in [3.63, 3.8) is 0 Å². The third-order valence-corrected chi connectivity index (χ3v) is 3.84. The summed E-state index contributed by atoms with van der Waals surface area (Å²) in [6.07, 6.45) is 2.69. The molecule has 1 N–H and O–H groups in total. The largest absolute Gasteiger partial charge is 0.378 e. The van der Waals surface area contributed by atoms with Crippen molar-refractivity contribution >= 4 is 5.69 Å². The molecule has 3 rings (SSSR count). The Balaban J connectivity index is 1.69. The fourth-order valence-electron chi connectivity index (χ4n) is 2.32. The number of nitrogens with one attached hydrogen (secondary N) is 1. The first-order valence-corrected chi connectivity index (χ1v) is 7.32. The lowest BCUT2D eigenvalue weighted by Gasteiger charge is -2.13. The Morgan fingerprint density at radius 1 is 0.900 bits per heavy atom. The van der Waals surface area contributed by atoms with E-state index in [1.165, 1.54) is 35.2 Å². The van der Waals surface area contributed by atoms with E-state index in [-0.39, 0.29) is 0 Å². The molecule has 2 aromatic rings. The molecule has 1 aliphatic rings. The van der Waals surface area contributed by atoms with E-state index in [1.807, 2.05) is 0 Å². The van der Waals surface area contributed by atoms with Gasteiger partial charge in [-0.15, -0.1) is 0 Å². The molecule has 1 saturated carbocycles. The van der Waals surface area contributed by atoms with Crippen LogP contribution in [0.1, 0.15) is 18.4 Å². The van der Waals surface area contributed by atoms with E-state index in [0.717, 1.165) is 12.6 Å². The zero-order chi connectivity index (χ0) is 13.9. The number of nitrogens with zero attached hydrogens (tertiary/aromatic N) is 1. The summed E-state index contributed by atoms with van der Waals surface area (Å²) in [6.45, 7) is 0.991. The third-order valence-electron chi connectivity index (χ3n) is 3.84. The van der Waals surface area contributed by atoms with Crippen molar-refractivity contribution in [3.05, 3.63) is 54.1 Å². The van der Waals surface area contributed by atoms with Crippen molar-refractivity contribution in [1.29, 1.82) is 0 Å². The zero-order valence-electron chi connectivity index (χ0n) is 12.3. The van der Waals surface area contributed by atoms with Crippen LogP contribution in [0.5, 0.6) is 0 Å². The molecule has 0 spiro atoms. The van der Waals surface area contributed by atoms with Crippen LogP contribution in [-0.2, 0) is 6.54 Å². The number of rotatable bonds is 5. The van der Waals surface area contributed by atoms with E-state index in [2.05, 4.69) is 72.8 Å². The van der Waals surface area contributed by atoms with Gasteiger partial charge in [-0.25, -0.2) is 0 Å². The van der Waals surface area contributed by atoms with Crippen LogP contribution >= 0.6 is 0 Å². The van der Waals surface area contributed by atoms with Gasteiger partial charge in [0.15, 0.2) is 0 Å². The molecule has 2 heteroatoms. The predicted octanol–water partition coefficient (Wildman–Crippen LogP) is 3.67. The highest BCUT2D eigenvalue weighted by molar-refractivity contribution is 5.66. The molecule has 0 saturated heterocycles. The van der Waals surface area contributed by atoms with Gasteiger partial charge in [0, 0.05) is 32.4 Å². The van der Waals surface area contributed by atoms with Gasteiger partial charge in [0.1, 0.15) is 0 Å². The summed E-state index contributed by atoms with van der Waals surface area (Å²) in [6, 6.07) is 18.4. The van der Waals surface area contributed by atoms with E-state index in [1.54, 1.807) is 0 Å². The molecule has 1 aliphatic carbocycles. The lowest BCUT2D eigenvalue weighted by atomic mass is 10.0. The Kier molecular flexibility index (Phi) is 3.75. The zero-order valence-corrected chi connectivity index (χ0v) is 12.3. The van der Waals surface area contributed by atoms with E-state index >= 15 is 0 Å². The van der Waals surface area contributed by atoms with Crippen molar-refractivity contribution in [2.75, 3.05) is 19.0 Å². The molecule has 0 atom stereocenters. The average molecular weight is 266 g/mol. The van der Waals surface area contributed by atoms with Gasteiger partial charge >= 0.3 is 0 Å². The summed E-state index contributed by atoms with van der Waals surface area (Å²) < 4.78 is 0. The highest BCUT2D eigenvalue weighted by Crippen LogP contribution is 2.23. The second-order valence-electron chi connectivity index (χ2n) is 5.79. The number of anilines is 1. The predicted molar refractivity (Wildman–Crippen MR) is 86.1 cm³/mol. The standard InChI is InChI=1S/C18H22N2/c1-20(2)18-11-7-16(8-12-18)15-5-3-14(4-6-15)13-19-17-9-10-17/h3-8,11-12,17,19H,9-10,13H2,1-2H3. The van der Waals surface area contributed by atoms with E-state index in [9.17, 15) is 0 Å². The minimum atomic E-state index is 0.772. The highest BCUT2D eigenvalue weighted by atomic mass is 15.1. The van der Waals surface area contributed by atoms with Gasteiger partial charge in [-0.2, -0.15) is 0 Å². The van der Waals surface area contributed by atoms with Gasteiger partial charge in [0.05, 0.1) is 0 Å². The Bertz CT molecular complexity index is 551. The lowest BCUT2D eigenvalue weighted by molar-refractivity contribution is 0.688. The average Bonchev–Trinajstić information content (AvgIpc) is 3.30. The van der Waals surface area contributed by atoms with Crippen LogP contribution in [0.2, 0.25) is 0 Å². The van der Waals surface area contributed by atoms with Crippen LogP contribution in [0.15, 0.2) is 48.5 Å². The minimum Gasteiger partial charge on any atom is -0.378 e. The fourth-order valence-corrected chi connectivity index (χ4v) is 2.32. The Morgan fingerprint density at radius 3 is 1.95 bits per heavy atom.